The first kappa shape index (κ1) is 31.5. The van der Waals surface area contributed by atoms with Gasteiger partial charge in [0.15, 0.2) is 11.2 Å². The molecule has 3 atom stereocenters. The third-order valence-electron chi connectivity index (χ3n) is 13.5. The molecule has 8 aromatic carbocycles. The van der Waals surface area contributed by atoms with Crippen molar-refractivity contribution in [3.63, 3.8) is 0 Å². The van der Waals surface area contributed by atoms with Crippen molar-refractivity contribution in [1.29, 1.82) is 0 Å². The van der Waals surface area contributed by atoms with Gasteiger partial charge < -0.3 is 18.3 Å². The lowest BCUT2D eigenvalue weighted by molar-refractivity contribution is 0.660. The Hall–Kier alpha value is -7.56. The Bertz CT molecular complexity index is 3580. The van der Waals surface area contributed by atoms with Gasteiger partial charge in [-0.15, -0.1) is 0 Å². The second-order valence-electron chi connectivity index (χ2n) is 16.4. The molecule has 1 saturated carbocycles. The van der Waals surface area contributed by atoms with Crippen LogP contribution < -0.4 is 4.90 Å². The molecule has 2 aliphatic carbocycles. The average Bonchev–Trinajstić information content (AvgIpc) is 3.61. The summed E-state index contributed by atoms with van der Waals surface area (Å²) in [6.07, 6.45) is 9.23. The minimum atomic E-state index is -0.130. The fraction of sp³-hybridized carbons (Fsp3) is 0.0545. The molecule has 276 valence electrons. The van der Waals surface area contributed by atoms with E-state index in [1.54, 1.807) is 0 Å². The summed E-state index contributed by atoms with van der Waals surface area (Å²) in [5, 5.41) is 6.67. The molecule has 11 aromatic rings. The maximum atomic E-state index is 7.31. The highest BCUT2D eigenvalue weighted by atomic mass is 16.3. The number of anilines is 2. The Balaban J connectivity index is 1.06. The van der Waals surface area contributed by atoms with Crippen molar-refractivity contribution in [3.05, 3.63) is 200 Å². The van der Waals surface area contributed by atoms with Crippen LogP contribution in [-0.2, 0) is 0 Å². The quantitative estimate of drug-likeness (QED) is 0.179. The summed E-state index contributed by atoms with van der Waals surface area (Å²) >= 11 is 0. The van der Waals surface area contributed by atoms with Crippen LogP contribution in [0.3, 0.4) is 0 Å². The van der Waals surface area contributed by atoms with Gasteiger partial charge in [0.1, 0.15) is 11.2 Å². The number of allylic oxidation sites excluding steroid dienone is 2. The van der Waals surface area contributed by atoms with E-state index in [1.807, 2.05) is 0 Å². The van der Waals surface area contributed by atoms with Gasteiger partial charge in [-0.3, -0.25) is 0 Å². The molecule has 0 amide bonds. The summed E-state index contributed by atoms with van der Waals surface area (Å²) in [6, 6.07) is 61.2. The van der Waals surface area contributed by atoms with E-state index >= 15 is 0 Å². The average molecular weight is 755 g/mol. The molecule has 59 heavy (non-hydrogen) atoms. The van der Waals surface area contributed by atoms with Gasteiger partial charge >= 0.3 is 0 Å². The minimum absolute atomic E-state index is 0.130. The van der Waals surface area contributed by atoms with Crippen LogP contribution in [0.1, 0.15) is 11.5 Å². The summed E-state index contributed by atoms with van der Waals surface area (Å²) in [6.45, 7) is 0. The molecule has 3 aromatic heterocycles. The highest BCUT2D eigenvalue weighted by Crippen LogP contribution is 2.73. The monoisotopic (exact) mass is 754 g/mol. The molecule has 4 nitrogen and oxygen atoms in total. The van der Waals surface area contributed by atoms with Gasteiger partial charge in [0.05, 0.1) is 27.9 Å². The number of hydrogen-bond acceptors (Lipinski definition) is 3. The zero-order valence-electron chi connectivity index (χ0n) is 31.8. The van der Waals surface area contributed by atoms with E-state index in [4.69, 9.17) is 8.83 Å². The van der Waals surface area contributed by atoms with Crippen LogP contribution in [0.25, 0.3) is 93.6 Å². The highest BCUT2D eigenvalue weighted by molar-refractivity contribution is 6.25. The van der Waals surface area contributed by atoms with Crippen LogP contribution in [0, 0.1) is 5.92 Å². The molecule has 0 bridgehead atoms. The van der Waals surface area contributed by atoms with Crippen molar-refractivity contribution in [2.24, 2.45) is 5.92 Å². The highest BCUT2D eigenvalue weighted by Gasteiger charge is 2.71. The van der Waals surface area contributed by atoms with Gasteiger partial charge in [-0.2, -0.15) is 0 Å². The summed E-state index contributed by atoms with van der Waals surface area (Å²) in [5.74, 6) is 0.850. The van der Waals surface area contributed by atoms with Crippen LogP contribution in [0.4, 0.5) is 11.4 Å². The molecule has 0 radical (unpaired) electrons. The van der Waals surface area contributed by atoms with E-state index in [9.17, 15) is 0 Å². The largest absolute Gasteiger partial charge is 0.454 e. The molecule has 0 N–H and O–H groups in total. The molecular formula is C55H34N2O2. The molecule has 3 unspecified atom stereocenters. The molecule has 4 heterocycles. The number of para-hydroxylation sites is 5. The van der Waals surface area contributed by atoms with Crippen molar-refractivity contribution in [1.82, 2.24) is 4.57 Å². The Morgan fingerprint density at radius 3 is 1.90 bits per heavy atom. The Labute approximate surface area is 339 Å². The maximum Gasteiger partial charge on any atom is 0.159 e. The van der Waals surface area contributed by atoms with Crippen molar-refractivity contribution >= 4 is 77.1 Å². The van der Waals surface area contributed by atoms with Gasteiger partial charge in [-0.1, -0.05) is 158 Å². The van der Waals surface area contributed by atoms with Crippen molar-refractivity contribution in [3.8, 4) is 27.9 Å². The topological polar surface area (TPSA) is 34.5 Å². The third-order valence-corrected chi connectivity index (χ3v) is 13.5. The normalized spacial score (nSPS) is 19.1. The molecule has 0 saturated heterocycles. The first-order valence-corrected chi connectivity index (χ1v) is 20.5. The molecule has 1 spiro atoms. The van der Waals surface area contributed by atoms with Crippen molar-refractivity contribution < 1.29 is 8.83 Å². The lowest BCUT2D eigenvalue weighted by Crippen LogP contribution is -2.32. The minimum Gasteiger partial charge on any atom is -0.454 e. The van der Waals surface area contributed by atoms with Gasteiger partial charge in [0, 0.05) is 55.4 Å². The number of nitrogens with zero attached hydrogens (tertiary/aromatic N) is 2. The predicted molar refractivity (Wildman–Crippen MR) is 242 cm³/mol. The number of rotatable bonds is 4. The number of aromatic nitrogens is 1. The maximum absolute atomic E-state index is 7.31. The summed E-state index contributed by atoms with van der Waals surface area (Å²) in [7, 11) is 0. The number of fused-ring (bicyclic) bond motifs is 12. The third kappa shape index (κ3) is 4.03. The van der Waals surface area contributed by atoms with Gasteiger partial charge in [0.2, 0.25) is 0 Å². The van der Waals surface area contributed by atoms with Crippen LogP contribution >= 0.6 is 0 Å². The van der Waals surface area contributed by atoms with E-state index in [2.05, 4.69) is 204 Å². The summed E-state index contributed by atoms with van der Waals surface area (Å²) in [4.78, 5) is 2.56. The Kier molecular flexibility index (Phi) is 6.04. The zero-order chi connectivity index (χ0) is 38.4. The van der Waals surface area contributed by atoms with Crippen LogP contribution in [0.5, 0.6) is 0 Å². The molecule has 3 aliphatic rings. The second kappa shape index (κ2) is 11.3. The molecular weight excluding hydrogens is 721 g/mol. The summed E-state index contributed by atoms with van der Waals surface area (Å²) in [5.41, 5.74) is 14.9. The van der Waals surface area contributed by atoms with Crippen molar-refractivity contribution in [2.75, 3.05) is 4.90 Å². The molecule has 1 aliphatic heterocycles. The lowest BCUT2D eigenvalue weighted by atomic mass is 9.94. The molecule has 4 heteroatoms. The number of hydrogen-bond donors (Lipinski definition) is 0. The van der Waals surface area contributed by atoms with E-state index in [0.29, 0.717) is 11.8 Å². The zero-order valence-corrected chi connectivity index (χ0v) is 31.8. The van der Waals surface area contributed by atoms with Gasteiger partial charge in [-0.05, 0) is 58.7 Å². The number of benzene rings is 8. The smallest absolute Gasteiger partial charge is 0.159 e. The Morgan fingerprint density at radius 2 is 1.08 bits per heavy atom. The van der Waals surface area contributed by atoms with E-state index in [0.717, 1.165) is 77.4 Å². The summed E-state index contributed by atoms with van der Waals surface area (Å²) < 4.78 is 16.9. The molecule has 1 fully saturated rings. The first-order valence-electron chi connectivity index (χ1n) is 20.5. The van der Waals surface area contributed by atoms with E-state index < -0.39 is 0 Å². The number of furan rings is 2. The fourth-order valence-corrected chi connectivity index (χ4v) is 11.1. The predicted octanol–water partition coefficient (Wildman–Crippen LogP) is 14.6. The van der Waals surface area contributed by atoms with E-state index in [1.165, 1.54) is 33.2 Å². The van der Waals surface area contributed by atoms with Crippen LogP contribution in [0.2, 0.25) is 0 Å². The standard InChI is InChI=1S/C55H34N2O2/c1-2-14-33(15-3-1)34-27-29-35(30-28-34)49-50-40-20-13-26-47(57-45-24-9-6-18-39(45)51-42-21-10-11-31-55(42,51)57)53(40)58-48(50)32-41-38-19-12-25-46(52(38)59-54(41)49)56-43-22-7-4-16-36(43)37-17-5-8-23-44(37)56/h1-32,42,51H. The second-order valence-corrected chi connectivity index (χ2v) is 16.4. The first-order chi connectivity index (χ1) is 29.3. The van der Waals surface area contributed by atoms with Gasteiger partial charge in [0.25, 0.3) is 0 Å². The molecule has 14 rings (SSSR count). The van der Waals surface area contributed by atoms with Gasteiger partial charge in [-0.25, -0.2) is 0 Å². The van der Waals surface area contributed by atoms with Crippen LogP contribution in [0.15, 0.2) is 203 Å². The fourth-order valence-electron chi connectivity index (χ4n) is 11.1. The SMILES string of the molecule is C1=CC2C3c4ccccc4N(c4cccc5c4oc4cc6c(oc7c(-n8c9ccccc9c9ccccc98)cccc76)c(-c6ccc(-c7ccccc7)cc6)c45)C23C=C1. The lowest BCUT2D eigenvalue weighted by Gasteiger charge is -2.31. The van der Waals surface area contributed by atoms with Crippen molar-refractivity contribution in [2.45, 2.75) is 11.5 Å². The Morgan fingerprint density at radius 1 is 0.458 bits per heavy atom. The van der Waals surface area contributed by atoms with Crippen LogP contribution in [-0.4, -0.2) is 10.1 Å². The van der Waals surface area contributed by atoms with E-state index in [-0.39, 0.29) is 5.54 Å².